The highest BCUT2D eigenvalue weighted by molar-refractivity contribution is 7.99. The van der Waals surface area contributed by atoms with Crippen molar-refractivity contribution in [3.05, 3.63) is 41.3 Å². The summed E-state index contributed by atoms with van der Waals surface area (Å²) in [6.07, 6.45) is 1.99. The normalized spacial score (nSPS) is 18.1. The molecule has 1 aliphatic heterocycles. The van der Waals surface area contributed by atoms with Gasteiger partial charge in [-0.1, -0.05) is 48.5 Å². The molecule has 0 aliphatic carbocycles. The molecule has 1 amide bonds. The summed E-state index contributed by atoms with van der Waals surface area (Å²) in [6.45, 7) is 5.37. The van der Waals surface area contributed by atoms with Gasteiger partial charge in [-0.05, 0) is 31.2 Å². The second kappa shape index (κ2) is 9.75. The minimum Gasteiger partial charge on any atom is -0.416 e. The van der Waals surface area contributed by atoms with Gasteiger partial charge in [0, 0.05) is 19.5 Å². The zero-order chi connectivity index (χ0) is 20.9. The van der Waals surface area contributed by atoms with E-state index in [9.17, 15) is 13.2 Å². The molecular formula is C20H27N3O4S2. The molecule has 2 heterocycles. The van der Waals surface area contributed by atoms with Crippen molar-refractivity contribution in [1.82, 2.24) is 15.1 Å². The highest BCUT2D eigenvalue weighted by Crippen LogP contribution is 2.24. The number of sulfone groups is 1. The molecule has 1 aromatic heterocycles. The number of aromatic nitrogens is 2. The fraction of sp³-hybridized carbons (Fsp3) is 0.550. The molecule has 2 aromatic rings. The largest absolute Gasteiger partial charge is 0.416 e. The lowest BCUT2D eigenvalue weighted by Gasteiger charge is -2.22. The molecular weight excluding hydrogens is 410 g/mol. The molecule has 0 bridgehead atoms. The smallest absolute Gasteiger partial charge is 0.277 e. The van der Waals surface area contributed by atoms with Gasteiger partial charge in [-0.3, -0.25) is 4.79 Å². The summed E-state index contributed by atoms with van der Waals surface area (Å²) >= 11 is 1.22. The van der Waals surface area contributed by atoms with E-state index >= 15 is 0 Å². The van der Waals surface area contributed by atoms with Crippen LogP contribution in [0.1, 0.15) is 36.8 Å². The highest BCUT2D eigenvalue weighted by atomic mass is 32.2. The van der Waals surface area contributed by atoms with Crippen molar-refractivity contribution in [3.8, 4) is 0 Å². The average Bonchev–Trinajstić information content (AvgIpc) is 3.27. The number of carbonyl (C=O) groups excluding carboxylic acids is 1. The highest BCUT2D eigenvalue weighted by Gasteiger charge is 2.29. The van der Waals surface area contributed by atoms with Crippen LogP contribution in [0.3, 0.4) is 0 Å². The average molecular weight is 438 g/mol. The molecule has 3 rings (SSSR count). The first-order valence-corrected chi connectivity index (χ1v) is 12.6. The first-order valence-electron chi connectivity index (χ1n) is 9.83. The van der Waals surface area contributed by atoms with E-state index in [2.05, 4.69) is 17.1 Å². The zero-order valence-corrected chi connectivity index (χ0v) is 18.5. The van der Waals surface area contributed by atoms with Crippen LogP contribution in [-0.2, 0) is 27.6 Å². The predicted octanol–water partition coefficient (Wildman–Crippen LogP) is 2.89. The molecule has 1 aromatic carbocycles. The minimum atomic E-state index is -2.92. The van der Waals surface area contributed by atoms with Gasteiger partial charge in [0.25, 0.3) is 5.22 Å². The fourth-order valence-electron chi connectivity index (χ4n) is 3.35. The molecule has 0 N–H and O–H groups in total. The Bertz CT molecular complexity index is 925. The van der Waals surface area contributed by atoms with Crippen molar-refractivity contribution >= 4 is 27.5 Å². The second-order valence-electron chi connectivity index (χ2n) is 7.52. The lowest BCUT2D eigenvalue weighted by Crippen LogP contribution is -2.32. The first-order chi connectivity index (χ1) is 13.8. The fourth-order valence-corrected chi connectivity index (χ4v) is 5.89. The lowest BCUT2D eigenvalue weighted by atomic mass is 10.1. The zero-order valence-electron chi connectivity index (χ0n) is 16.8. The number of rotatable bonds is 9. The SMILES string of the molecule is CCCN(Cc1ccc(C)cc1)C(=O)CSc1nnc(CC2CCS(=O)(=O)C2)o1. The first kappa shape index (κ1) is 21.8. The van der Waals surface area contributed by atoms with E-state index in [1.807, 2.05) is 36.1 Å². The monoisotopic (exact) mass is 437 g/mol. The lowest BCUT2D eigenvalue weighted by molar-refractivity contribution is -0.129. The number of amides is 1. The molecule has 1 unspecified atom stereocenters. The van der Waals surface area contributed by atoms with Gasteiger partial charge < -0.3 is 9.32 Å². The van der Waals surface area contributed by atoms with Gasteiger partial charge in [0.1, 0.15) is 0 Å². The Balaban J connectivity index is 1.51. The molecule has 1 aliphatic rings. The summed E-state index contributed by atoms with van der Waals surface area (Å²) in [4.78, 5) is 14.5. The van der Waals surface area contributed by atoms with Crippen LogP contribution >= 0.6 is 11.8 Å². The summed E-state index contributed by atoms with van der Waals surface area (Å²) < 4.78 is 28.7. The van der Waals surface area contributed by atoms with Gasteiger partial charge in [0.15, 0.2) is 9.84 Å². The molecule has 7 nitrogen and oxygen atoms in total. The Hall–Kier alpha value is -1.87. The van der Waals surface area contributed by atoms with Crippen molar-refractivity contribution in [1.29, 1.82) is 0 Å². The topological polar surface area (TPSA) is 93.4 Å². The van der Waals surface area contributed by atoms with Crippen molar-refractivity contribution in [3.63, 3.8) is 0 Å². The van der Waals surface area contributed by atoms with Crippen molar-refractivity contribution in [2.45, 2.75) is 44.9 Å². The second-order valence-corrected chi connectivity index (χ2v) is 10.7. The van der Waals surface area contributed by atoms with Gasteiger partial charge in [-0.2, -0.15) is 0 Å². The van der Waals surface area contributed by atoms with Crippen LogP contribution in [0, 0.1) is 12.8 Å². The Morgan fingerprint density at radius 2 is 2.03 bits per heavy atom. The van der Waals surface area contributed by atoms with Crippen LogP contribution < -0.4 is 0 Å². The summed E-state index contributed by atoms with van der Waals surface area (Å²) in [5.74, 6) is 1.14. The molecule has 29 heavy (non-hydrogen) atoms. The van der Waals surface area contributed by atoms with E-state index in [4.69, 9.17) is 4.42 Å². The molecule has 0 saturated carbocycles. The van der Waals surface area contributed by atoms with E-state index in [1.165, 1.54) is 17.3 Å². The maximum atomic E-state index is 12.7. The van der Waals surface area contributed by atoms with Gasteiger partial charge in [-0.25, -0.2) is 8.42 Å². The third kappa shape index (κ3) is 6.57. The summed E-state index contributed by atoms with van der Waals surface area (Å²) in [5.41, 5.74) is 2.30. The van der Waals surface area contributed by atoms with E-state index in [0.717, 1.165) is 12.0 Å². The summed E-state index contributed by atoms with van der Waals surface area (Å²) in [7, 11) is -2.92. The number of aryl methyl sites for hydroxylation is 1. The molecule has 0 radical (unpaired) electrons. The van der Waals surface area contributed by atoms with Crippen molar-refractivity contribution in [2.24, 2.45) is 5.92 Å². The molecule has 1 atom stereocenters. The van der Waals surface area contributed by atoms with E-state index in [0.29, 0.717) is 37.0 Å². The van der Waals surface area contributed by atoms with Gasteiger partial charge in [0.2, 0.25) is 11.8 Å². The number of hydrogen-bond donors (Lipinski definition) is 0. The van der Waals surface area contributed by atoms with Crippen LogP contribution in [0.15, 0.2) is 33.9 Å². The number of carbonyl (C=O) groups is 1. The summed E-state index contributed by atoms with van der Waals surface area (Å²) in [6, 6.07) is 8.19. The standard InChI is InChI=1S/C20H27N3O4S2/c1-3-9-23(12-16-6-4-15(2)5-7-16)19(24)13-28-20-22-21-18(27-20)11-17-8-10-29(25,26)14-17/h4-7,17H,3,8-14H2,1-2H3. The predicted molar refractivity (Wildman–Crippen MR) is 112 cm³/mol. The van der Waals surface area contributed by atoms with E-state index < -0.39 is 9.84 Å². The Labute approximate surface area is 176 Å². The van der Waals surface area contributed by atoms with Crippen LogP contribution in [0.5, 0.6) is 0 Å². The number of benzene rings is 1. The molecule has 1 saturated heterocycles. The Morgan fingerprint density at radius 1 is 1.28 bits per heavy atom. The van der Waals surface area contributed by atoms with Crippen LogP contribution in [0.4, 0.5) is 0 Å². The van der Waals surface area contributed by atoms with Gasteiger partial charge in [-0.15, -0.1) is 10.2 Å². The van der Waals surface area contributed by atoms with Gasteiger partial charge >= 0.3 is 0 Å². The third-order valence-corrected chi connectivity index (χ3v) is 7.54. The third-order valence-electron chi connectivity index (χ3n) is 4.90. The Kier molecular flexibility index (Phi) is 7.34. The number of hydrogen-bond acceptors (Lipinski definition) is 7. The van der Waals surface area contributed by atoms with Crippen LogP contribution in [0.25, 0.3) is 0 Å². The van der Waals surface area contributed by atoms with Crippen molar-refractivity contribution < 1.29 is 17.6 Å². The van der Waals surface area contributed by atoms with Crippen molar-refractivity contribution in [2.75, 3.05) is 23.8 Å². The quantitative estimate of drug-likeness (QED) is 0.557. The minimum absolute atomic E-state index is 0.0269. The van der Waals surface area contributed by atoms with E-state index in [1.54, 1.807) is 0 Å². The summed E-state index contributed by atoms with van der Waals surface area (Å²) in [5, 5.41) is 8.35. The molecule has 1 fully saturated rings. The molecule has 0 spiro atoms. The number of thioether (sulfide) groups is 1. The molecule has 9 heteroatoms. The van der Waals surface area contributed by atoms with Gasteiger partial charge in [0.05, 0.1) is 17.3 Å². The van der Waals surface area contributed by atoms with Crippen LogP contribution in [0.2, 0.25) is 0 Å². The molecule has 158 valence electrons. The van der Waals surface area contributed by atoms with Crippen LogP contribution in [-0.4, -0.2) is 53.2 Å². The van der Waals surface area contributed by atoms with E-state index in [-0.39, 0.29) is 29.1 Å². The maximum absolute atomic E-state index is 12.7. The maximum Gasteiger partial charge on any atom is 0.277 e. The number of nitrogens with zero attached hydrogens (tertiary/aromatic N) is 3. The Morgan fingerprint density at radius 3 is 2.69 bits per heavy atom.